The fourth-order valence-corrected chi connectivity index (χ4v) is 2.70. The highest BCUT2D eigenvalue weighted by Gasteiger charge is 2.27. The Bertz CT molecular complexity index is 730. The van der Waals surface area contributed by atoms with Crippen molar-refractivity contribution in [2.45, 2.75) is 65.6 Å². The van der Waals surface area contributed by atoms with Crippen molar-refractivity contribution in [3.63, 3.8) is 0 Å². The van der Waals surface area contributed by atoms with Gasteiger partial charge < -0.3 is 9.47 Å². The highest BCUT2D eigenvalue weighted by atomic mass is 16.6. The molecule has 2 atom stereocenters. The molecule has 0 aliphatic carbocycles. The first-order valence-corrected chi connectivity index (χ1v) is 9.39. The van der Waals surface area contributed by atoms with Crippen LogP contribution in [0.2, 0.25) is 0 Å². The van der Waals surface area contributed by atoms with Crippen LogP contribution in [0, 0.1) is 26.1 Å². The van der Waals surface area contributed by atoms with E-state index in [4.69, 9.17) is 9.47 Å². The van der Waals surface area contributed by atoms with Crippen LogP contribution in [0.25, 0.3) is 0 Å². The first-order valence-electron chi connectivity index (χ1n) is 9.39. The van der Waals surface area contributed by atoms with Crippen LogP contribution in [0.3, 0.4) is 0 Å². The van der Waals surface area contributed by atoms with Crippen LogP contribution in [0.5, 0.6) is 0 Å². The van der Waals surface area contributed by atoms with Gasteiger partial charge in [0.1, 0.15) is 6.10 Å². The summed E-state index contributed by atoms with van der Waals surface area (Å²) in [5.74, 6) is -1.69. The van der Waals surface area contributed by atoms with Crippen LogP contribution in [-0.4, -0.2) is 34.0 Å². The quantitative estimate of drug-likeness (QED) is 0.300. The molecule has 0 aromatic heterocycles. The molecule has 0 amide bonds. The molecule has 10 heteroatoms. The van der Waals surface area contributed by atoms with Gasteiger partial charge in [-0.05, 0) is 20.3 Å². The third-order valence-corrected chi connectivity index (χ3v) is 4.15. The average Bonchev–Trinajstić information content (AvgIpc) is 2.63. The van der Waals surface area contributed by atoms with Crippen molar-refractivity contribution in [3.05, 3.63) is 44.0 Å². The number of nitro groups is 2. The number of nitro benzene ring substituents is 2. The number of rotatable bonds is 11. The largest absolute Gasteiger partial charge is 0.463 e. The van der Waals surface area contributed by atoms with Crippen LogP contribution < -0.4 is 0 Å². The van der Waals surface area contributed by atoms with E-state index in [-0.39, 0.29) is 24.0 Å². The molecule has 0 heterocycles. The Labute approximate surface area is 168 Å². The summed E-state index contributed by atoms with van der Waals surface area (Å²) in [7, 11) is 0. The van der Waals surface area contributed by atoms with Crippen molar-refractivity contribution in [2.24, 2.45) is 5.92 Å². The number of nitrogens with zero attached hydrogens (tertiary/aromatic N) is 2. The molecule has 0 fully saturated rings. The third kappa shape index (κ3) is 7.84. The van der Waals surface area contributed by atoms with Crippen molar-refractivity contribution in [2.75, 3.05) is 0 Å². The van der Waals surface area contributed by atoms with Gasteiger partial charge in [0.2, 0.25) is 0 Å². The van der Waals surface area contributed by atoms with E-state index in [0.29, 0.717) is 6.42 Å². The second-order valence-corrected chi connectivity index (χ2v) is 7.06. The number of unbranched alkanes of at least 4 members (excludes halogenated alkanes) is 1. The molecule has 0 saturated carbocycles. The summed E-state index contributed by atoms with van der Waals surface area (Å²) in [6, 6.07) is 2.64. The molecule has 0 spiro atoms. The summed E-state index contributed by atoms with van der Waals surface area (Å²) in [4.78, 5) is 44.9. The Balaban J connectivity index is 3.04. The normalized spacial score (nSPS) is 12.9. The Morgan fingerprint density at radius 3 is 2.00 bits per heavy atom. The van der Waals surface area contributed by atoms with Gasteiger partial charge in [-0.25, -0.2) is 4.79 Å². The third-order valence-electron chi connectivity index (χ3n) is 4.15. The van der Waals surface area contributed by atoms with E-state index in [2.05, 4.69) is 0 Å². The van der Waals surface area contributed by atoms with Gasteiger partial charge in [-0.3, -0.25) is 25.0 Å². The maximum atomic E-state index is 12.6. The second kappa shape index (κ2) is 11.1. The first kappa shape index (κ1) is 24.0. The molecule has 160 valence electrons. The SMILES string of the molecule is CCCC[C@H](OC(=O)c1cc([N+](=O)[O-])cc([N+](=O)[O-])c1)[C@@H](C)CC(=O)OC(C)C. The van der Waals surface area contributed by atoms with Gasteiger partial charge in [-0.2, -0.15) is 0 Å². The number of ether oxygens (including phenoxy) is 2. The molecule has 10 nitrogen and oxygen atoms in total. The predicted molar refractivity (Wildman–Crippen MR) is 103 cm³/mol. The number of esters is 2. The number of hydrogen-bond acceptors (Lipinski definition) is 8. The number of non-ortho nitro benzene ring substituents is 2. The average molecular weight is 410 g/mol. The second-order valence-electron chi connectivity index (χ2n) is 7.06. The number of carbonyl (C=O) groups excluding carboxylic acids is 2. The van der Waals surface area contributed by atoms with Gasteiger partial charge in [-0.15, -0.1) is 0 Å². The minimum atomic E-state index is -0.915. The van der Waals surface area contributed by atoms with E-state index in [1.54, 1.807) is 20.8 Å². The van der Waals surface area contributed by atoms with Crippen LogP contribution in [0.4, 0.5) is 11.4 Å². The highest BCUT2D eigenvalue weighted by molar-refractivity contribution is 5.91. The topological polar surface area (TPSA) is 139 Å². The minimum Gasteiger partial charge on any atom is -0.463 e. The fraction of sp³-hybridized carbons (Fsp3) is 0.579. The Hall–Kier alpha value is -3.04. The summed E-state index contributed by atoms with van der Waals surface area (Å²) in [5, 5.41) is 22.0. The lowest BCUT2D eigenvalue weighted by Gasteiger charge is -2.24. The van der Waals surface area contributed by atoms with E-state index in [1.165, 1.54) is 0 Å². The molecule has 0 aliphatic rings. The van der Waals surface area contributed by atoms with Gasteiger partial charge in [0, 0.05) is 18.1 Å². The monoisotopic (exact) mass is 410 g/mol. The standard InChI is InChI=1S/C19H26N2O8/c1-5-6-7-17(13(4)8-18(22)28-12(2)3)29-19(23)14-9-15(20(24)25)11-16(10-14)21(26)27/h9-13,17H,5-8H2,1-4H3/t13-,17-/m0/s1. The molecule has 0 aliphatic heterocycles. The summed E-state index contributed by atoms with van der Waals surface area (Å²) < 4.78 is 10.6. The summed E-state index contributed by atoms with van der Waals surface area (Å²) in [6.45, 7) is 7.16. The zero-order chi connectivity index (χ0) is 22.1. The van der Waals surface area contributed by atoms with Gasteiger partial charge in [0.25, 0.3) is 11.4 Å². The van der Waals surface area contributed by atoms with E-state index < -0.39 is 39.3 Å². The zero-order valence-electron chi connectivity index (χ0n) is 17.0. The maximum Gasteiger partial charge on any atom is 0.338 e. The lowest BCUT2D eigenvalue weighted by molar-refractivity contribution is -0.394. The predicted octanol–water partition coefficient (Wildman–Crippen LogP) is 4.20. The first-order chi connectivity index (χ1) is 13.5. The van der Waals surface area contributed by atoms with Crippen LogP contribution in [-0.2, 0) is 14.3 Å². The zero-order valence-corrected chi connectivity index (χ0v) is 17.0. The van der Waals surface area contributed by atoms with Crippen molar-refractivity contribution >= 4 is 23.3 Å². The van der Waals surface area contributed by atoms with E-state index in [1.807, 2.05) is 6.92 Å². The Morgan fingerprint density at radius 1 is 1.00 bits per heavy atom. The van der Waals surface area contributed by atoms with Crippen molar-refractivity contribution in [3.8, 4) is 0 Å². The number of hydrogen-bond donors (Lipinski definition) is 0. The molecule has 0 N–H and O–H groups in total. The Morgan fingerprint density at radius 2 is 1.55 bits per heavy atom. The lowest BCUT2D eigenvalue weighted by atomic mass is 9.96. The van der Waals surface area contributed by atoms with E-state index >= 15 is 0 Å². The van der Waals surface area contributed by atoms with E-state index in [9.17, 15) is 29.8 Å². The van der Waals surface area contributed by atoms with Gasteiger partial charge >= 0.3 is 11.9 Å². The van der Waals surface area contributed by atoms with Gasteiger partial charge in [0.05, 0.1) is 34.0 Å². The fourth-order valence-electron chi connectivity index (χ4n) is 2.70. The molecule has 0 radical (unpaired) electrons. The lowest BCUT2D eigenvalue weighted by Crippen LogP contribution is -2.28. The summed E-state index contributed by atoms with van der Waals surface area (Å²) in [5.41, 5.74) is -1.45. The number of benzene rings is 1. The van der Waals surface area contributed by atoms with E-state index in [0.717, 1.165) is 31.0 Å². The molecular formula is C19H26N2O8. The van der Waals surface area contributed by atoms with Crippen molar-refractivity contribution < 1.29 is 28.9 Å². The smallest absolute Gasteiger partial charge is 0.338 e. The van der Waals surface area contributed by atoms with Crippen molar-refractivity contribution in [1.82, 2.24) is 0 Å². The summed E-state index contributed by atoms with van der Waals surface area (Å²) >= 11 is 0. The summed E-state index contributed by atoms with van der Waals surface area (Å²) in [6.07, 6.45) is 1.18. The molecule has 29 heavy (non-hydrogen) atoms. The van der Waals surface area contributed by atoms with Crippen LogP contribution in [0.15, 0.2) is 18.2 Å². The molecular weight excluding hydrogens is 384 g/mol. The maximum absolute atomic E-state index is 12.6. The molecule has 0 saturated heterocycles. The van der Waals surface area contributed by atoms with Gasteiger partial charge in [0.15, 0.2) is 0 Å². The number of carbonyl (C=O) groups is 2. The van der Waals surface area contributed by atoms with Crippen LogP contribution in [0.1, 0.15) is 63.7 Å². The highest BCUT2D eigenvalue weighted by Crippen LogP contribution is 2.25. The molecule has 1 rings (SSSR count). The van der Waals surface area contributed by atoms with Crippen LogP contribution >= 0.6 is 0 Å². The molecule has 0 unspecified atom stereocenters. The molecule has 1 aromatic carbocycles. The Kier molecular flexibility index (Phi) is 9.17. The van der Waals surface area contributed by atoms with Gasteiger partial charge in [-0.1, -0.05) is 26.7 Å². The minimum absolute atomic E-state index is 0.0366. The molecule has 0 bridgehead atoms. The van der Waals surface area contributed by atoms with Crippen molar-refractivity contribution in [1.29, 1.82) is 0 Å². The molecule has 1 aromatic rings.